The Kier molecular flexibility index (Phi) is 5.88. The number of rotatable bonds is 6. The van der Waals surface area contributed by atoms with Gasteiger partial charge in [0.05, 0.1) is 6.42 Å². The highest BCUT2D eigenvalue weighted by molar-refractivity contribution is 5.86. The predicted octanol–water partition coefficient (Wildman–Crippen LogP) is -0.861. The van der Waals surface area contributed by atoms with Gasteiger partial charge in [-0.25, -0.2) is 0 Å². The molecule has 0 bridgehead atoms. The van der Waals surface area contributed by atoms with Gasteiger partial charge in [-0.3, -0.25) is 9.59 Å². The second-order valence-electron chi connectivity index (χ2n) is 2.83. The number of hydrogen-bond donors (Lipinski definition) is 3. The third-order valence-corrected chi connectivity index (χ3v) is 1.53. The summed E-state index contributed by atoms with van der Waals surface area (Å²) in [6, 6.07) is 0. The molecule has 76 valence electrons. The second kappa shape index (κ2) is 6.42. The maximum atomic E-state index is 11.0. The average molecular weight is 188 g/mol. The van der Waals surface area contributed by atoms with Gasteiger partial charge in [-0.05, 0) is 6.42 Å². The number of aliphatic hydroxyl groups is 1. The van der Waals surface area contributed by atoms with Gasteiger partial charge in [0.15, 0.2) is 0 Å². The standard InChI is InChI=1S/C8H16N2O3/c1-2-3-4-10-8(13)6(11)5-7(9)12/h6,11H,2-5H2,1H3,(H2,9,12)(H,10,13). The Morgan fingerprint density at radius 1 is 1.54 bits per heavy atom. The van der Waals surface area contributed by atoms with Crippen molar-refractivity contribution in [3.8, 4) is 0 Å². The minimum atomic E-state index is -1.31. The molecule has 13 heavy (non-hydrogen) atoms. The van der Waals surface area contributed by atoms with Crippen molar-refractivity contribution in [2.45, 2.75) is 32.3 Å². The fraction of sp³-hybridized carbons (Fsp3) is 0.750. The molecule has 0 aromatic carbocycles. The summed E-state index contributed by atoms with van der Waals surface area (Å²) in [7, 11) is 0. The first kappa shape index (κ1) is 11.9. The number of primary amides is 1. The van der Waals surface area contributed by atoms with Crippen LogP contribution in [0.5, 0.6) is 0 Å². The molecule has 0 aliphatic carbocycles. The largest absolute Gasteiger partial charge is 0.383 e. The SMILES string of the molecule is CCCCNC(=O)C(O)CC(N)=O. The van der Waals surface area contributed by atoms with Gasteiger partial charge >= 0.3 is 0 Å². The van der Waals surface area contributed by atoms with Crippen LogP contribution in [0, 0.1) is 0 Å². The predicted molar refractivity (Wildman–Crippen MR) is 47.7 cm³/mol. The van der Waals surface area contributed by atoms with Crippen molar-refractivity contribution >= 4 is 11.8 Å². The highest BCUT2D eigenvalue weighted by atomic mass is 16.3. The molecule has 0 heterocycles. The first-order chi connectivity index (χ1) is 6.07. The lowest BCUT2D eigenvalue weighted by Gasteiger charge is -2.08. The van der Waals surface area contributed by atoms with E-state index >= 15 is 0 Å². The van der Waals surface area contributed by atoms with Gasteiger partial charge < -0.3 is 16.2 Å². The zero-order valence-corrected chi connectivity index (χ0v) is 7.75. The molecule has 0 fully saturated rings. The number of amides is 2. The third-order valence-electron chi connectivity index (χ3n) is 1.53. The molecule has 1 unspecified atom stereocenters. The topological polar surface area (TPSA) is 92.4 Å². The quantitative estimate of drug-likeness (QED) is 0.473. The van der Waals surface area contributed by atoms with E-state index in [4.69, 9.17) is 10.8 Å². The maximum Gasteiger partial charge on any atom is 0.249 e. The first-order valence-corrected chi connectivity index (χ1v) is 4.32. The summed E-state index contributed by atoms with van der Waals surface area (Å²) in [5, 5.41) is 11.6. The van der Waals surface area contributed by atoms with Crippen molar-refractivity contribution in [1.82, 2.24) is 5.32 Å². The monoisotopic (exact) mass is 188 g/mol. The molecule has 0 aliphatic heterocycles. The number of hydrogen-bond acceptors (Lipinski definition) is 3. The van der Waals surface area contributed by atoms with E-state index in [0.29, 0.717) is 6.54 Å². The van der Waals surface area contributed by atoms with E-state index in [0.717, 1.165) is 12.8 Å². The Balaban J connectivity index is 3.63. The summed E-state index contributed by atoms with van der Waals surface area (Å²) in [6.45, 7) is 2.51. The number of unbranched alkanes of at least 4 members (excludes halogenated alkanes) is 1. The van der Waals surface area contributed by atoms with E-state index in [2.05, 4.69) is 5.32 Å². The van der Waals surface area contributed by atoms with Crippen molar-refractivity contribution in [2.75, 3.05) is 6.54 Å². The number of carbonyl (C=O) groups is 2. The zero-order valence-electron chi connectivity index (χ0n) is 7.75. The van der Waals surface area contributed by atoms with Crippen LogP contribution in [0.2, 0.25) is 0 Å². The van der Waals surface area contributed by atoms with Crippen molar-refractivity contribution < 1.29 is 14.7 Å². The first-order valence-electron chi connectivity index (χ1n) is 4.32. The van der Waals surface area contributed by atoms with E-state index in [1.165, 1.54) is 0 Å². The van der Waals surface area contributed by atoms with Crippen LogP contribution in [-0.2, 0) is 9.59 Å². The Morgan fingerprint density at radius 3 is 2.62 bits per heavy atom. The average Bonchev–Trinajstić information content (AvgIpc) is 2.03. The molecule has 1 atom stereocenters. The normalized spacial score (nSPS) is 12.2. The van der Waals surface area contributed by atoms with Crippen LogP contribution in [0.1, 0.15) is 26.2 Å². The van der Waals surface area contributed by atoms with Gasteiger partial charge in [0.2, 0.25) is 11.8 Å². The van der Waals surface area contributed by atoms with Crippen molar-refractivity contribution in [2.24, 2.45) is 5.73 Å². The van der Waals surface area contributed by atoms with E-state index < -0.39 is 17.9 Å². The van der Waals surface area contributed by atoms with Gasteiger partial charge in [0.25, 0.3) is 0 Å². The summed E-state index contributed by atoms with van der Waals surface area (Å²) in [5.74, 6) is -1.22. The molecular weight excluding hydrogens is 172 g/mol. The molecule has 0 saturated heterocycles. The summed E-state index contributed by atoms with van der Waals surface area (Å²) in [4.78, 5) is 21.3. The van der Waals surface area contributed by atoms with E-state index in [1.54, 1.807) is 0 Å². The molecule has 0 radical (unpaired) electrons. The Hall–Kier alpha value is -1.10. The lowest BCUT2D eigenvalue weighted by molar-refractivity contribution is -0.133. The Labute approximate surface area is 77.3 Å². The summed E-state index contributed by atoms with van der Waals surface area (Å²) < 4.78 is 0. The second-order valence-corrected chi connectivity index (χ2v) is 2.83. The molecule has 4 N–H and O–H groups in total. The molecule has 0 saturated carbocycles. The lowest BCUT2D eigenvalue weighted by Crippen LogP contribution is -2.37. The van der Waals surface area contributed by atoms with Crippen molar-refractivity contribution in [3.05, 3.63) is 0 Å². The molecule has 0 aliphatic rings. The lowest BCUT2D eigenvalue weighted by atomic mass is 10.2. The highest BCUT2D eigenvalue weighted by Gasteiger charge is 2.16. The van der Waals surface area contributed by atoms with Crippen LogP contribution >= 0.6 is 0 Å². The van der Waals surface area contributed by atoms with Gasteiger partial charge in [-0.2, -0.15) is 0 Å². The molecule has 2 amide bonds. The van der Waals surface area contributed by atoms with Gasteiger partial charge in [-0.15, -0.1) is 0 Å². The number of aliphatic hydroxyl groups excluding tert-OH is 1. The molecule has 0 rings (SSSR count). The van der Waals surface area contributed by atoms with E-state index in [1.807, 2.05) is 6.92 Å². The number of nitrogens with one attached hydrogen (secondary N) is 1. The maximum absolute atomic E-state index is 11.0. The van der Waals surface area contributed by atoms with Gasteiger partial charge in [-0.1, -0.05) is 13.3 Å². The van der Waals surface area contributed by atoms with Crippen LogP contribution in [0.4, 0.5) is 0 Å². The summed E-state index contributed by atoms with van der Waals surface area (Å²) in [5.41, 5.74) is 4.81. The minimum Gasteiger partial charge on any atom is -0.383 e. The summed E-state index contributed by atoms with van der Waals surface area (Å²) in [6.07, 6.45) is 0.188. The van der Waals surface area contributed by atoms with Crippen LogP contribution < -0.4 is 11.1 Å². The minimum absolute atomic E-state index is 0.321. The molecule has 0 aromatic heterocycles. The molecule has 0 aromatic rings. The third kappa shape index (κ3) is 6.10. The van der Waals surface area contributed by atoms with Crippen molar-refractivity contribution in [1.29, 1.82) is 0 Å². The summed E-state index contributed by atoms with van der Waals surface area (Å²) >= 11 is 0. The highest BCUT2D eigenvalue weighted by Crippen LogP contribution is 1.91. The van der Waals surface area contributed by atoms with Crippen LogP contribution in [0.3, 0.4) is 0 Å². The zero-order chi connectivity index (χ0) is 10.3. The number of nitrogens with two attached hydrogens (primary N) is 1. The van der Waals surface area contributed by atoms with E-state index in [9.17, 15) is 9.59 Å². The van der Waals surface area contributed by atoms with Crippen LogP contribution in [0.25, 0.3) is 0 Å². The Bertz CT molecular complexity index is 182. The Morgan fingerprint density at radius 2 is 2.15 bits per heavy atom. The van der Waals surface area contributed by atoms with Gasteiger partial charge in [0, 0.05) is 6.54 Å². The fourth-order valence-corrected chi connectivity index (χ4v) is 0.789. The molecular formula is C8H16N2O3. The van der Waals surface area contributed by atoms with Crippen LogP contribution in [-0.4, -0.2) is 29.6 Å². The molecule has 5 heteroatoms. The van der Waals surface area contributed by atoms with Crippen LogP contribution in [0.15, 0.2) is 0 Å². The van der Waals surface area contributed by atoms with Gasteiger partial charge in [0.1, 0.15) is 6.10 Å². The smallest absolute Gasteiger partial charge is 0.249 e. The number of carbonyl (C=O) groups excluding carboxylic acids is 2. The molecule has 5 nitrogen and oxygen atoms in total. The van der Waals surface area contributed by atoms with Crippen molar-refractivity contribution in [3.63, 3.8) is 0 Å². The fourth-order valence-electron chi connectivity index (χ4n) is 0.789. The molecule has 0 spiro atoms. The van der Waals surface area contributed by atoms with E-state index in [-0.39, 0.29) is 6.42 Å².